The van der Waals surface area contributed by atoms with Crippen LogP contribution in [0.3, 0.4) is 0 Å². The summed E-state index contributed by atoms with van der Waals surface area (Å²) >= 11 is 0. The maximum absolute atomic E-state index is 11.4. The molecule has 0 aromatic rings. The second kappa shape index (κ2) is 4.99. The van der Waals surface area contributed by atoms with Crippen molar-refractivity contribution in [3.63, 3.8) is 0 Å². The number of hydrogen-bond acceptors (Lipinski definition) is 2. The van der Waals surface area contributed by atoms with E-state index >= 15 is 0 Å². The predicted octanol–water partition coefficient (Wildman–Crippen LogP) is 4.82. The summed E-state index contributed by atoms with van der Waals surface area (Å²) in [5.41, 5.74) is 0.716. The molecule has 3 rings (SSSR count). The second-order valence-electron chi connectivity index (χ2n) is 8.90. The van der Waals surface area contributed by atoms with Gasteiger partial charge in [0.1, 0.15) is 6.10 Å². The van der Waals surface area contributed by atoms with Gasteiger partial charge in [-0.1, -0.05) is 27.7 Å². The third-order valence-electron chi connectivity index (χ3n) is 7.82. The first kappa shape index (κ1) is 15.4. The Hall–Kier alpha value is -0.530. The number of carbonyl (C=O) groups excluding carboxylic acids is 1. The molecular formula is C19H32O2. The van der Waals surface area contributed by atoms with Gasteiger partial charge in [-0.15, -0.1) is 0 Å². The Morgan fingerprint density at radius 2 is 1.71 bits per heavy atom. The number of esters is 1. The molecule has 0 aromatic carbocycles. The summed E-state index contributed by atoms with van der Waals surface area (Å²) < 4.78 is 5.70. The van der Waals surface area contributed by atoms with Gasteiger partial charge < -0.3 is 4.74 Å². The first-order valence-corrected chi connectivity index (χ1v) is 8.94. The Bertz CT molecular complexity index is 427. The summed E-state index contributed by atoms with van der Waals surface area (Å²) in [6.45, 7) is 11.4. The average molecular weight is 292 g/mol. The van der Waals surface area contributed by atoms with Crippen molar-refractivity contribution < 1.29 is 9.53 Å². The number of rotatable bonds is 1. The zero-order valence-electron chi connectivity index (χ0n) is 14.4. The Morgan fingerprint density at radius 1 is 1.00 bits per heavy atom. The van der Waals surface area contributed by atoms with E-state index in [-0.39, 0.29) is 17.5 Å². The fourth-order valence-electron chi connectivity index (χ4n) is 6.14. The molecule has 0 saturated heterocycles. The van der Waals surface area contributed by atoms with E-state index < -0.39 is 0 Å². The smallest absolute Gasteiger partial charge is 0.302 e. The molecule has 3 aliphatic carbocycles. The second-order valence-corrected chi connectivity index (χ2v) is 8.90. The largest absolute Gasteiger partial charge is 0.462 e. The maximum Gasteiger partial charge on any atom is 0.302 e. The van der Waals surface area contributed by atoms with Crippen molar-refractivity contribution in [3.05, 3.63) is 0 Å². The molecule has 6 unspecified atom stereocenters. The lowest BCUT2D eigenvalue weighted by Gasteiger charge is -2.57. The molecule has 3 saturated carbocycles. The zero-order valence-corrected chi connectivity index (χ0v) is 14.4. The summed E-state index contributed by atoms with van der Waals surface area (Å²) in [6.07, 6.45) is 7.85. The Labute approximate surface area is 130 Å². The predicted molar refractivity (Wildman–Crippen MR) is 84.8 cm³/mol. The van der Waals surface area contributed by atoms with E-state index in [9.17, 15) is 4.79 Å². The van der Waals surface area contributed by atoms with Crippen LogP contribution >= 0.6 is 0 Å². The Kier molecular flexibility index (Phi) is 3.65. The van der Waals surface area contributed by atoms with Crippen molar-refractivity contribution in [3.8, 4) is 0 Å². The lowest BCUT2D eigenvalue weighted by atomic mass is 9.48. The highest BCUT2D eigenvalue weighted by atomic mass is 16.5. The summed E-state index contributed by atoms with van der Waals surface area (Å²) in [5.74, 6) is 3.24. The van der Waals surface area contributed by atoms with Crippen LogP contribution in [0, 0.1) is 34.5 Å². The van der Waals surface area contributed by atoms with Gasteiger partial charge in [-0.3, -0.25) is 4.79 Å². The molecule has 0 aliphatic heterocycles. The van der Waals surface area contributed by atoms with Gasteiger partial charge in [0.05, 0.1) is 0 Å². The van der Waals surface area contributed by atoms with Crippen LogP contribution in [0.2, 0.25) is 0 Å². The number of fused-ring (bicyclic) bond motifs is 3. The van der Waals surface area contributed by atoms with Crippen molar-refractivity contribution in [1.82, 2.24) is 0 Å². The quantitative estimate of drug-likeness (QED) is 0.648. The summed E-state index contributed by atoms with van der Waals surface area (Å²) in [5, 5.41) is 0. The van der Waals surface area contributed by atoms with E-state index in [0.29, 0.717) is 5.41 Å². The first-order valence-electron chi connectivity index (χ1n) is 8.94. The highest BCUT2D eigenvalue weighted by Crippen LogP contribution is 2.64. The molecule has 3 fully saturated rings. The highest BCUT2D eigenvalue weighted by Gasteiger charge is 2.58. The minimum Gasteiger partial charge on any atom is -0.462 e. The summed E-state index contributed by atoms with van der Waals surface area (Å²) in [4.78, 5) is 11.4. The number of hydrogen-bond donors (Lipinski definition) is 0. The van der Waals surface area contributed by atoms with Gasteiger partial charge in [0, 0.05) is 12.3 Å². The molecule has 21 heavy (non-hydrogen) atoms. The molecule has 0 N–H and O–H groups in total. The standard InChI is InChI=1S/C19H32O2/c1-12-6-7-14-15(18(12,3)4)10-11-19(5)16(14)8-9-17(19)21-13(2)20/h12,14-17H,6-11H2,1-5H3. The molecule has 0 radical (unpaired) electrons. The van der Waals surface area contributed by atoms with E-state index in [1.807, 2.05) is 0 Å². The Balaban J connectivity index is 1.84. The minimum absolute atomic E-state index is 0.0957. The molecule has 2 heteroatoms. The van der Waals surface area contributed by atoms with Crippen molar-refractivity contribution in [2.45, 2.75) is 79.2 Å². The van der Waals surface area contributed by atoms with Gasteiger partial charge in [-0.2, -0.15) is 0 Å². The zero-order chi connectivity index (χ0) is 15.4. The van der Waals surface area contributed by atoms with Crippen LogP contribution in [0.15, 0.2) is 0 Å². The molecule has 3 aliphatic rings. The van der Waals surface area contributed by atoms with E-state index in [1.165, 1.54) is 32.1 Å². The van der Waals surface area contributed by atoms with Gasteiger partial charge in [0.25, 0.3) is 0 Å². The fourth-order valence-corrected chi connectivity index (χ4v) is 6.14. The monoisotopic (exact) mass is 292 g/mol. The van der Waals surface area contributed by atoms with E-state index in [1.54, 1.807) is 6.92 Å². The molecular weight excluding hydrogens is 260 g/mol. The molecule has 0 heterocycles. The molecule has 2 nitrogen and oxygen atoms in total. The van der Waals surface area contributed by atoms with E-state index in [4.69, 9.17) is 4.74 Å². The van der Waals surface area contributed by atoms with Crippen LogP contribution in [0.5, 0.6) is 0 Å². The molecule has 6 atom stereocenters. The lowest BCUT2D eigenvalue weighted by molar-refractivity contribution is -0.158. The van der Waals surface area contributed by atoms with Gasteiger partial charge in [-0.25, -0.2) is 0 Å². The normalized spacial score (nSPS) is 48.3. The van der Waals surface area contributed by atoms with E-state index in [0.717, 1.165) is 30.1 Å². The fraction of sp³-hybridized carbons (Fsp3) is 0.947. The third-order valence-corrected chi connectivity index (χ3v) is 7.82. The van der Waals surface area contributed by atoms with Crippen molar-refractivity contribution in [1.29, 1.82) is 0 Å². The maximum atomic E-state index is 11.4. The molecule has 0 aromatic heterocycles. The van der Waals surface area contributed by atoms with Crippen LogP contribution < -0.4 is 0 Å². The topological polar surface area (TPSA) is 26.3 Å². The van der Waals surface area contributed by atoms with Crippen molar-refractivity contribution >= 4 is 5.97 Å². The van der Waals surface area contributed by atoms with Crippen LogP contribution in [0.25, 0.3) is 0 Å². The van der Waals surface area contributed by atoms with Crippen LogP contribution in [-0.4, -0.2) is 12.1 Å². The minimum atomic E-state index is -0.0957. The molecule has 0 spiro atoms. The number of carbonyl (C=O) groups is 1. The van der Waals surface area contributed by atoms with Gasteiger partial charge in [-0.05, 0) is 67.6 Å². The van der Waals surface area contributed by atoms with E-state index in [2.05, 4.69) is 27.7 Å². The summed E-state index contributed by atoms with van der Waals surface area (Å²) in [7, 11) is 0. The van der Waals surface area contributed by atoms with Crippen LogP contribution in [0.4, 0.5) is 0 Å². The first-order chi connectivity index (χ1) is 9.76. The van der Waals surface area contributed by atoms with Crippen LogP contribution in [0.1, 0.15) is 73.1 Å². The molecule has 0 amide bonds. The van der Waals surface area contributed by atoms with Gasteiger partial charge >= 0.3 is 5.97 Å². The van der Waals surface area contributed by atoms with Crippen molar-refractivity contribution in [2.24, 2.45) is 34.5 Å². The third kappa shape index (κ3) is 2.24. The molecule has 0 bridgehead atoms. The van der Waals surface area contributed by atoms with Crippen LogP contribution in [-0.2, 0) is 9.53 Å². The van der Waals surface area contributed by atoms with Gasteiger partial charge in [0.15, 0.2) is 0 Å². The lowest BCUT2D eigenvalue weighted by Crippen LogP contribution is -2.51. The average Bonchev–Trinajstić information content (AvgIpc) is 2.71. The van der Waals surface area contributed by atoms with Gasteiger partial charge in [0.2, 0.25) is 0 Å². The highest BCUT2D eigenvalue weighted by molar-refractivity contribution is 5.66. The number of ether oxygens (including phenoxy) is 1. The summed E-state index contributed by atoms with van der Waals surface area (Å²) in [6, 6.07) is 0. The Morgan fingerprint density at radius 3 is 2.38 bits per heavy atom. The van der Waals surface area contributed by atoms with Crippen molar-refractivity contribution in [2.75, 3.05) is 0 Å². The SMILES string of the molecule is CC(=O)OC1CCC2C3CCC(C)C(C)(C)C3CCC12C. The molecule has 120 valence electrons.